The predicted octanol–water partition coefficient (Wildman–Crippen LogP) is 19.1. The largest absolute Gasteiger partial charge is 0.416 e. The van der Waals surface area contributed by atoms with Crippen molar-refractivity contribution >= 4 is 43.6 Å². The van der Waals surface area contributed by atoms with Gasteiger partial charge in [-0.15, -0.1) is 0 Å². The highest BCUT2D eigenvalue weighted by Gasteiger charge is 2.31. The normalized spacial score (nSPS) is 11.7. The molecule has 11 aromatic carbocycles. The predicted molar refractivity (Wildman–Crippen MR) is 302 cm³/mol. The van der Waals surface area contributed by atoms with Crippen LogP contribution in [0.5, 0.6) is 0 Å². The summed E-state index contributed by atoms with van der Waals surface area (Å²) in [5.41, 5.74) is 17.5. The fourth-order valence-electron chi connectivity index (χ4n) is 11.1. The van der Waals surface area contributed by atoms with E-state index >= 15 is 0 Å². The van der Waals surface area contributed by atoms with Gasteiger partial charge in [0.05, 0.1) is 45.0 Å². The summed E-state index contributed by atoms with van der Waals surface area (Å²) < 4.78 is 47.5. The molecule has 0 aliphatic rings. The first-order valence-electron chi connectivity index (χ1n) is 24.9. The highest BCUT2D eigenvalue weighted by molar-refractivity contribution is 6.14. The smallest absolute Gasteiger partial charge is 0.309 e. The van der Waals surface area contributed by atoms with Gasteiger partial charge in [0.2, 0.25) is 0 Å². The molecule has 13 aromatic rings. The summed E-state index contributed by atoms with van der Waals surface area (Å²) in [5.74, 6) is 0. The lowest BCUT2D eigenvalue weighted by molar-refractivity contribution is -0.137. The van der Waals surface area contributed by atoms with E-state index in [-0.39, 0.29) is 0 Å². The quantitative estimate of drug-likeness (QED) is 0.149. The van der Waals surface area contributed by atoms with Crippen molar-refractivity contribution in [1.29, 1.82) is 5.26 Å². The molecule has 356 valence electrons. The number of nitrogens with zero attached hydrogens (tertiary/aromatic N) is 3. The van der Waals surface area contributed by atoms with Crippen LogP contribution >= 0.6 is 0 Å². The third kappa shape index (κ3) is 7.94. The molecular formula is C69H44F3N3. The first kappa shape index (κ1) is 45.2. The Kier molecular flexibility index (Phi) is 10.9. The molecule has 0 saturated heterocycles. The second-order valence-electron chi connectivity index (χ2n) is 19.2. The highest BCUT2D eigenvalue weighted by Crippen LogP contribution is 2.46. The zero-order chi connectivity index (χ0) is 50.8. The Morgan fingerprint density at radius 3 is 1.16 bits per heavy atom. The summed E-state index contributed by atoms with van der Waals surface area (Å²) in [6, 6.07) is 86.3. The van der Waals surface area contributed by atoms with E-state index < -0.39 is 11.7 Å². The summed E-state index contributed by atoms with van der Waals surface area (Å²) in [5, 5.41) is 14.9. The van der Waals surface area contributed by atoms with E-state index in [1.165, 1.54) is 6.07 Å². The lowest BCUT2D eigenvalue weighted by Crippen LogP contribution is -2.05. The molecule has 2 heterocycles. The van der Waals surface area contributed by atoms with Gasteiger partial charge in [-0.3, -0.25) is 0 Å². The van der Waals surface area contributed by atoms with Crippen LogP contribution in [0.4, 0.5) is 13.2 Å². The second-order valence-corrected chi connectivity index (χ2v) is 19.2. The Hall–Kier alpha value is -9.70. The third-order valence-electron chi connectivity index (χ3n) is 14.7. The van der Waals surface area contributed by atoms with Crippen molar-refractivity contribution in [1.82, 2.24) is 9.13 Å². The molecule has 0 spiro atoms. The van der Waals surface area contributed by atoms with Crippen LogP contribution in [0, 0.1) is 18.3 Å². The molecule has 3 nitrogen and oxygen atoms in total. The van der Waals surface area contributed by atoms with Gasteiger partial charge in [-0.1, -0.05) is 158 Å². The van der Waals surface area contributed by atoms with Crippen molar-refractivity contribution in [2.75, 3.05) is 0 Å². The number of nitriles is 1. The minimum absolute atomic E-state index is 0.450. The Labute approximate surface area is 431 Å². The molecule has 0 saturated carbocycles. The molecular weight excluding hydrogens is 928 g/mol. The SMILES string of the molecule is Cc1cc(C(F)(F)F)ccc1-c1ccc(-n2c3ccc(-c4ccccc4)cc3c3cc(-c4ccccc4)ccc32)cc1-c1cc(C#N)ccc1-n1c2ccc(-c3ccccc3)cc2c2cc(-c3ccccc3)ccc21. The van der Waals surface area contributed by atoms with Crippen LogP contribution in [0.1, 0.15) is 16.7 Å². The van der Waals surface area contributed by atoms with Gasteiger partial charge in [0.25, 0.3) is 0 Å². The Morgan fingerprint density at radius 2 is 0.760 bits per heavy atom. The van der Waals surface area contributed by atoms with E-state index in [9.17, 15) is 18.4 Å². The van der Waals surface area contributed by atoms with Gasteiger partial charge in [-0.2, -0.15) is 18.4 Å². The molecule has 2 aromatic heterocycles. The van der Waals surface area contributed by atoms with Gasteiger partial charge in [-0.25, -0.2) is 0 Å². The van der Waals surface area contributed by atoms with Gasteiger partial charge >= 0.3 is 6.18 Å². The van der Waals surface area contributed by atoms with Crippen LogP contribution in [-0.2, 0) is 6.18 Å². The molecule has 0 fully saturated rings. The van der Waals surface area contributed by atoms with Crippen molar-refractivity contribution < 1.29 is 13.2 Å². The fourth-order valence-corrected chi connectivity index (χ4v) is 11.1. The van der Waals surface area contributed by atoms with Crippen LogP contribution in [0.25, 0.3) is 122 Å². The van der Waals surface area contributed by atoms with Crippen LogP contribution in [0.2, 0.25) is 0 Å². The van der Waals surface area contributed by atoms with Gasteiger partial charge in [0, 0.05) is 32.8 Å². The molecule has 6 heteroatoms. The van der Waals surface area contributed by atoms with Crippen molar-refractivity contribution in [3.8, 4) is 84.2 Å². The molecule has 0 aliphatic carbocycles. The summed E-state index contributed by atoms with van der Waals surface area (Å²) >= 11 is 0. The first-order valence-corrected chi connectivity index (χ1v) is 24.9. The average molecular weight is 972 g/mol. The molecule has 75 heavy (non-hydrogen) atoms. The van der Waals surface area contributed by atoms with Gasteiger partial charge < -0.3 is 9.13 Å². The minimum atomic E-state index is -4.52. The number of fused-ring (bicyclic) bond motifs is 6. The number of hydrogen-bond acceptors (Lipinski definition) is 1. The molecule has 0 aliphatic heterocycles. The molecule has 0 radical (unpaired) electrons. The molecule has 0 unspecified atom stereocenters. The summed E-state index contributed by atoms with van der Waals surface area (Å²) in [4.78, 5) is 0. The average Bonchev–Trinajstić information content (AvgIpc) is 3.98. The van der Waals surface area contributed by atoms with E-state index in [4.69, 9.17) is 0 Å². The standard InChI is InChI=1S/C69H44F3N3/c1-44-36-54(69(70,71)72)27-29-56(44)57-30-28-55(74-64-32-23-50(46-14-6-2-7-15-46)38-60(64)61-39-51(24-33-65(61)74)47-16-8-3-9-17-47)42-58(57)59-37-45(43-73)22-31-66(59)75-67-34-25-52(48-18-10-4-11-19-48)40-62(67)63-41-53(26-35-68(63)75)49-20-12-5-13-21-49/h2-42H,1H3. The van der Waals surface area contributed by atoms with Gasteiger partial charge in [-0.05, 0) is 165 Å². The van der Waals surface area contributed by atoms with E-state index in [1.54, 1.807) is 13.0 Å². The maximum absolute atomic E-state index is 14.3. The van der Waals surface area contributed by atoms with Crippen LogP contribution < -0.4 is 0 Å². The fraction of sp³-hybridized carbons (Fsp3) is 0.0290. The topological polar surface area (TPSA) is 33.6 Å². The van der Waals surface area contributed by atoms with Crippen LogP contribution in [0.3, 0.4) is 0 Å². The monoisotopic (exact) mass is 971 g/mol. The molecule has 0 N–H and O–H groups in total. The van der Waals surface area contributed by atoms with E-state index in [0.717, 1.165) is 122 Å². The highest BCUT2D eigenvalue weighted by atomic mass is 19.4. The maximum atomic E-state index is 14.3. The van der Waals surface area contributed by atoms with E-state index in [2.05, 4.69) is 173 Å². The zero-order valence-electron chi connectivity index (χ0n) is 40.6. The summed E-state index contributed by atoms with van der Waals surface area (Å²) in [6.07, 6.45) is -4.52. The van der Waals surface area contributed by atoms with Gasteiger partial charge in [0.15, 0.2) is 0 Å². The molecule has 13 rings (SSSR count). The number of rotatable bonds is 8. The van der Waals surface area contributed by atoms with E-state index in [1.807, 2.05) is 72.8 Å². The Balaban J connectivity index is 1.10. The second kappa shape index (κ2) is 18.1. The summed E-state index contributed by atoms with van der Waals surface area (Å²) in [6.45, 7) is 1.73. The van der Waals surface area contributed by atoms with Gasteiger partial charge in [0.1, 0.15) is 0 Å². The third-order valence-corrected chi connectivity index (χ3v) is 14.7. The van der Waals surface area contributed by atoms with Crippen LogP contribution in [0.15, 0.2) is 249 Å². The number of aryl methyl sites for hydroxylation is 1. The molecule has 0 atom stereocenters. The van der Waals surface area contributed by atoms with E-state index in [0.29, 0.717) is 16.7 Å². The number of hydrogen-bond donors (Lipinski definition) is 0. The first-order chi connectivity index (χ1) is 36.7. The number of benzene rings is 11. The molecule has 0 amide bonds. The summed E-state index contributed by atoms with van der Waals surface area (Å²) in [7, 11) is 0. The number of aromatic nitrogens is 2. The van der Waals surface area contributed by atoms with Crippen molar-refractivity contribution in [3.05, 3.63) is 265 Å². The zero-order valence-corrected chi connectivity index (χ0v) is 40.6. The Bertz CT molecular complexity index is 4200. The number of alkyl halides is 3. The lowest BCUT2D eigenvalue weighted by atomic mass is 9.89. The van der Waals surface area contributed by atoms with Crippen molar-refractivity contribution in [2.45, 2.75) is 13.1 Å². The Morgan fingerprint density at radius 1 is 0.347 bits per heavy atom. The minimum Gasteiger partial charge on any atom is -0.309 e. The van der Waals surface area contributed by atoms with Crippen molar-refractivity contribution in [3.63, 3.8) is 0 Å². The van der Waals surface area contributed by atoms with Crippen LogP contribution in [-0.4, -0.2) is 9.13 Å². The maximum Gasteiger partial charge on any atom is 0.416 e. The molecule has 0 bridgehead atoms. The van der Waals surface area contributed by atoms with Crippen molar-refractivity contribution in [2.24, 2.45) is 0 Å². The lowest BCUT2D eigenvalue weighted by Gasteiger charge is -2.21. The number of halogens is 3.